The van der Waals surface area contributed by atoms with Gasteiger partial charge in [-0.25, -0.2) is 4.39 Å². The molecule has 0 radical (unpaired) electrons. The first-order valence-corrected chi connectivity index (χ1v) is 7.68. The Morgan fingerprint density at radius 2 is 2.10 bits per heavy atom. The van der Waals surface area contributed by atoms with Gasteiger partial charge in [0.05, 0.1) is 16.6 Å². The van der Waals surface area contributed by atoms with Gasteiger partial charge in [0, 0.05) is 11.3 Å². The highest BCUT2D eigenvalue weighted by atomic mass is 32.2. The number of thioether (sulfide) groups is 1. The fraction of sp³-hybridized carbons (Fsp3) is 0.462. The van der Waals surface area contributed by atoms with E-state index in [0.29, 0.717) is 17.4 Å². The van der Waals surface area contributed by atoms with E-state index in [1.54, 1.807) is 11.8 Å². The van der Waals surface area contributed by atoms with Gasteiger partial charge >= 0.3 is 5.69 Å². The van der Waals surface area contributed by atoms with E-state index in [0.717, 1.165) is 19.3 Å². The van der Waals surface area contributed by atoms with Crippen molar-refractivity contribution in [3.63, 3.8) is 0 Å². The first-order chi connectivity index (χ1) is 9.92. The largest absolute Gasteiger partial charge is 0.349 e. The fourth-order valence-electron chi connectivity index (χ4n) is 2.40. The van der Waals surface area contributed by atoms with E-state index in [2.05, 4.69) is 5.32 Å². The Kier molecular flexibility index (Phi) is 4.76. The SMILES string of the molecule is CS[C@H]1CC[C@H](NC(=O)c2cc(F)c([N+](=O)[O-])cc2F)C1. The van der Waals surface area contributed by atoms with Gasteiger partial charge in [-0.3, -0.25) is 14.9 Å². The molecule has 0 saturated heterocycles. The molecule has 1 aliphatic carbocycles. The van der Waals surface area contributed by atoms with Gasteiger partial charge in [-0.05, 0) is 31.6 Å². The minimum Gasteiger partial charge on any atom is -0.349 e. The molecular formula is C13H14F2N2O3S. The van der Waals surface area contributed by atoms with Crippen molar-refractivity contribution in [1.29, 1.82) is 0 Å². The minimum atomic E-state index is -1.22. The fourth-order valence-corrected chi connectivity index (χ4v) is 3.20. The van der Waals surface area contributed by atoms with Crippen molar-refractivity contribution >= 4 is 23.4 Å². The molecule has 1 N–H and O–H groups in total. The Morgan fingerprint density at radius 1 is 1.38 bits per heavy atom. The van der Waals surface area contributed by atoms with E-state index in [-0.39, 0.29) is 6.04 Å². The number of nitro groups is 1. The van der Waals surface area contributed by atoms with Crippen LogP contribution in [0, 0.1) is 21.7 Å². The summed E-state index contributed by atoms with van der Waals surface area (Å²) in [6, 6.07) is 0.931. The number of nitrogens with one attached hydrogen (secondary N) is 1. The van der Waals surface area contributed by atoms with E-state index in [1.165, 1.54) is 0 Å². The number of carbonyl (C=O) groups excluding carboxylic acids is 1. The second kappa shape index (κ2) is 6.38. The number of amides is 1. The first-order valence-electron chi connectivity index (χ1n) is 6.39. The zero-order chi connectivity index (χ0) is 15.6. The van der Waals surface area contributed by atoms with Crippen LogP contribution in [0.4, 0.5) is 14.5 Å². The van der Waals surface area contributed by atoms with Crippen LogP contribution >= 0.6 is 11.8 Å². The molecular weight excluding hydrogens is 302 g/mol. The van der Waals surface area contributed by atoms with Crippen LogP contribution in [-0.2, 0) is 0 Å². The Bertz CT molecular complexity index is 583. The van der Waals surface area contributed by atoms with Crippen molar-refractivity contribution in [3.8, 4) is 0 Å². The van der Waals surface area contributed by atoms with Crippen LogP contribution in [0.5, 0.6) is 0 Å². The molecule has 1 aromatic rings. The number of halogens is 2. The lowest BCUT2D eigenvalue weighted by molar-refractivity contribution is -0.387. The van der Waals surface area contributed by atoms with E-state index >= 15 is 0 Å². The van der Waals surface area contributed by atoms with E-state index in [1.807, 2.05) is 6.26 Å². The molecule has 1 aliphatic rings. The molecule has 114 valence electrons. The third-order valence-electron chi connectivity index (χ3n) is 3.53. The molecule has 2 atom stereocenters. The summed E-state index contributed by atoms with van der Waals surface area (Å²) in [4.78, 5) is 21.4. The lowest BCUT2D eigenvalue weighted by Crippen LogP contribution is -2.33. The normalized spacial score (nSPS) is 21.3. The lowest BCUT2D eigenvalue weighted by Gasteiger charge is -2.13. The van der Waals surface area contributed by atoms with E-state index < -0.39 is 33.7 Å². The van der Waals surface area contributed by atoms with Crippen LogP contribution in [0.3, 0.4) is 0 Å². The molecule has 0 unspecified atom stereocenters. The quantitative estimate of drug-likeness (QED) is 0.685. The first kappa shape index (κ1) is 15.7. The number of hydrogen-bond acceptors (Lipinski definition) is 4. The van der Waals surface area contributed by atoms with E-state index in [9.17, 15) is 23.7 Å². The molecule has 2 rings (SSSR count). The molecule has 0 aliphatic heterocycles. The van der Waals surface area contributed by atoms with Gasteiger partial charge in [0.2, 0.25) is 5.82 Å². The van der Waals surface area contributed by atoms with Gasteiger partial charge in [-0.2, -0.15) is 16.2 Å². The minimum absolute atomic E-state index is 0.0763. The van der Waals surface area contributed by atoms with Crippen LogP contribution in [0.2, 0.25) is 0 Å². The number of carbonyl (C=O) groups is 1. The van der Waals surface area contributed by atoms with E-state index in [4.69, 9.17) is 0 Å². The van der Waals surface area contributed by atoms with Gasteiger partial charge in [-0.1, -0.05) is 0 Å². The van der Waals surface area contributed by atoms with Gasteiger partial charge in [0.1, 0.15) is 5.82 Å². The third kappa shape index (κ3) is 3.49. The molecule has 5 nitrogen and oxygen atoms in total. The zero-order valence-electron chi connectivity index (χ0n) is 11.3. The molecule has 0 spiro atoms. The molecule has 1 amide bonds. The Hall–Kier alpha value is -1.70. The smallest absolute Gasteiger partial charge is 0.307 e. The predicted octanol–water partition coefficient (Wildman–Crippen LogP) is 2.89. The van der Waals surface area contributed by atoms with Crippen LogP contribution in [-0.4, -0.2) is 28.4 Å². The second-order valence-corrected chi connectivity index (χ2v) is 6.02. The molecule has 1 saturated carbocycles. The number of nitrogens with zero attached hydrogens (tertiary/aromatic N) is 1. The van der Waals surface area contributed by atoms with Crippen LogP contribution in [0.15, 0.2) is 12.1 Å². The maximum atomic E-state index is 13.7. The average Bonchev–Trinajstić information content (AvgIpc) is 2.88. The summed E-state index contributed by atoms with van der Waals surface area (Å²) in [5.41, 5.74) is -1.49. The predicted molar refractivity (Wildman–Crippen MR) is 75.4 cm³/mol. The number of nitro benzene ring substituents is 1. The molecule has 0 bridgehead atoms. The zero-order valence-corrected chi connectivity index (χ0v) is 12.1. The average molecular weight is 316 g/mol. The summed E-state index contributed by atoms with van der Waals surface area (Å²) in [6.07, 6.45) is 4.52. The Balaban J connectivity index is 2.13. The topological polar surface area (TPSA) is 72.2 Å². The molecule has 0 aromatic heterocycles. The molecule has 1 fully saturated rings. The maximum Gasteiger partial charge on any atom is 0.307 e. The second-order valence-electron chi connectivity index (χ2n) is 4.88. The summed E-state index contributed by atoms with van der Waals surface area (Å²) in [5, 5.41) is 13.6. The molecule has 21 heavy (non-hydrogen) atoms. The monoisotopic (exact) mass is 316 g/mol. The Morgan fingerprint density at radius 3 is 2.67 bits per heavy atom. The van der Waals surface area contributed by atoms with Gasteiger partial charge in [-0.15, -0.1) is 0 Å². The highest BCUT2D eigenvalue weighted by Crippen LogP contribution is 2.28. The van der Waals surface area contributed by atoms with Crippen LogP contribution in [0.1, 0.15) is 29.6 Å². The summed E-state index contributed by atoms with van der Waals surface area (Å²) in [7, 11) is 0. The van der Waals surface area contributed by atoms with Crippen molar-refractivity contribution in [1.82, 2.24) is 5.32 Å². The summed E-state index contributed by atoms with van der Waals surface area (Å²) in [6.45, 7) is 0. The summed E-state index contributed by atoms with van der Waals surface area (Å²) in [5.74, 6) is -3.06. The van der Waals surface area contributed by atoms with Crippen LogP contribution < -0.4 is 5.32 Å². The summed E-state index contributed by atoms with van der Waals surface area (Å²) < 4.78 is 27.2. The van der Waals surface area contributed by atoms with Crippen molar-refractivity contribution < 1.29 is 18.5 Å². The standard InChI is InChI=1S/C13H14F2N2O3S/c1-21-8-3-2-7(4-8)16-13(18)9-5-11(15)12(17(19)20)6-10(9)14/h5-8H,2-4H2,1H3,(H,16,18)/t7-,8-/m0/s1. The molecule has 1 aromatic carbocycles. The van der Waals surface area contributed by atoms with Gasteiger partial charge in [0.25, 0.3) is 5.91 Å². The van der Waals surface area contributed by atoms with Crippen molar-refractivity contribution in [2.24, 2.45) is 0 Å². The highest BCUT2D eigenvalue weighted by molar-refractivity contribution is 7.99. The number of rotatable bonds is 4. The van der Waals surface area contributed by atoms with Gasteiger partial charge < -0.3 is 5.32 Å². The molecule has 8 heteroatoms. The van der Waals surface area contributed by atoms with Crippen LogP contribution in [0.25, 0.3) is 0 Å². The maximum absolute atomic E-state index is 13.7. The Labute approximate surface area is 124 Å². The van der Waals surface area contributed by atoms with Crippen molar-refractivity contribution in [2.45, 2.75) is 30.6 Å². The van der Waals surface area contributed by atoms with Crippen molar-refractivity contribution in [2.75, 3.05) is 6.26 Å². The van der Waals surface area contributed by atoms with Gasteiger partial charge in [0.15, 0.2) is 0 Å². The lowest BCUT2D eigenvalue weighted by atomic mass is 10.1. The number of benzene rings is 1. The summed E-state index contributed by atoms with van der Waals surface area (Å²) >= 11 is 1.71. The third-order valence-corrected chi connectivity index (χ3v) is 4.63. The molecule has 0 heterocycles. The highest BCUT2D eigenvalue weighted by Gasteiger charge is 2.27. The van der Waals surface area contributed by atoms with Crippen molar-refractivity contribution in [3.05, 3.63) is 39.4 Å². The number of hydrogen-bond donors (Lipinski definition) is 1.